The summed E-state index contributed by atoms with van der Waals surface area (Å²) in [5.41, 5.74) is 2.68. The molecule has 0 aromatic carbocycles. The highest BCUT2D eigenvalue weighted by Crippen LogP contribution is 2.23. The summed E-state index contributed by atoms with van der Waals surface area (Å²) in [5, 5.41) is 0.461. The van der Waals surface area contributed by atoms with E-state index in [0.29, 0.717) is 11.0 Å². The van der Waals surface area contributed by atoms with Crippen LogP contribution < -0.4 is 0 Å². The summed E-state index contributed by atoms with van der Waals surface area (Å²) in [6.07, 6.45) is 3.46. The maximum Gasteiger partial charge on any atom is 0.129 e. The topological polar surface area (TPSA) is 25.8 Å². The van der Waals surface area contributed by atoms with Gasteiger partial charge in [-0.15, -0.1) is 11.6 Å². The molecule has 2 aromatic heterocycles. The monoisotopic (exact) mass is 238 g/mol. The Labute approximate surface area is 97.9 Å². The van der Waals surface area contributed by atoms with Crippen LogP contribution >= 0.6 is 23.2 Å². The molecule has 0 fully saturated rings. The predicted octanol–water partition coefficient (Wildman–Crippen LogP) is 3.54. The largest absolute Gasteiger partial charge is 0.264 e. The Balaban J connectivity index is 2.56. The second-order valence-electron chi connectivity index (χ2n) is 3.02. The van der Waals surface area contributed by atoms with E-state index in [9.17, 15) is 0 Å². The van der Waals surface area contributed by atoms with Gasteiger partial charge >= 0.3 is 0 Å². The van der Waals surface area contributed by atoms with Gasteiger partial charge in [0.05, 0.1) is 5.69 Å². The molecule has 2 aromatic rings. The van der Waals surface area contributed by atoms with Crippen LogP contribution in [0.15, 0.2) is 36.7 Å². The Morgan fingerprint density at radius 1 is 1.20 bits per heavy atom. The molecule has 76 valence electrons. The van der Waals surface area contributed by atoms with Crippen molar-refractivity contribution in [1.29, 1.82) is 0 Å². The third-order valence-corrected chi connectivity index (χ3v) is 2.52. The number of hydrogen-bond acceptors (Lipinski definition) is 2. The molecular weight excluding hydrogens is 231 g/mol. The minimum absolute atomic E-state index is 0.411. The van der Waals surface area contributed by atoms with E-state index in [0.717, 1.165) is 16.8 Å². The van der Waals surface area contributed by atoms with E-state index in [1.165, 1.54) is 0 Å². The molecule has 0 spiro atoms. The van der Waals surface area contributed by atoms with Crippen LogP contribution in [0.1, 0.15) is 5.56 Å². The van der Waals surface area contributed by atoms with Crippen LogP contribution in [0.2, 0.25) is 5.15 Å². The predicted molar refractivity (Wildman–Crippen MR) is 62.0 cm³/mol. The first-order valence-electron chi connectivity index (χ1n) is 4.43. The van der Waals surface area contributed by atoms with Crippen LogP contribution in [0.5, 0.6) is 0 Å². The first-order chi connectivity index (χ1) is 7.31. The van der Waals surface area contributed by atoms with Gasteiger partial charge in [0, 0.05) is 23.8 Å². The van der Waals surface area contributed by atoms with Crippen LogP contribution in [-0.4, -0.2) is 9.97 Å². The van der Waals surface area contributed by atoms with Crippen LogP contribution in [0.25, 0.3) is 11.3 Å². The first-order valence-corrected chi connectivity index (χ1v) is 5.34. The van der Waals surface area contributed by atoms with Gasteiger partial charge in [-0.3, -0.25) is 4.98 Å². The van der Waals surface area contributed by atoms with Gasteiger partial charge in [0.15, 0.2) is 0 Å². The van der Waals surface area contributed by atoms with Crippen LogP contribution in [0.4, 0.5) is 0 Å². The summed E-state index contributed by atoms with van der Waals surface area (Å²) in [6.45, 7) is 0. The zero-order chi connectivity index (χ0) is 10.7. The summed E-state index contributed by atoms with van der Waals surface area (Å²) in [4.78, 5) is 8.30. The van der Waals surface area contributed by atoms with E-state index in [2.05, 4.69) is 9.97 Å². The fourth-order valence-electron chi connectivity index (χ4n) is 1.32. The smallest absolute Gasteiger partial charge is 0.129 e. The van der Waals surface area contributed by atoms with Crippen LogP contribution in [-0.2, 0) is 5.88 Å². The van der Waals surface area contributed by atoms with Crippen molar-refractivity contribution in [3.05, 3.63) is 47.4 Å². The fourth-order valence-corrected chi connectivity index (χ4v) is 1.69. The fraction of sp³-hybridized carbons (Fsp3) is 0.0909. The van der Waals surface area contributed by atoms with Crippen molar-refractivity contribution in [2.24, 2.45) is 0 Å². The number of alkyl halides is 1. The highest BCUT2D eigenvalue weighted by atomic mass is 35.5. The lowest BCUT2D eigenvalue weighted by atomic mass is 10.1. The highest BCUT2D eigenvalue weighted by Gasteiger charge is 2.06. The average Bonchev–Trinajstić information content (AvgIpc) is 2.30. The van der Waals surface area contributed by atoms with Crippen molar-refractivity contribution in [3.63, 3.8) is 0 Å². The van der Waals surface area contributed by atoms with Gasteiger partial charge in [-0.05, 0) is 23.8 Å². The molecule has 4 heteroatoms. The van der Waals surface area contributed by atoms with Gasteiger partial charge in [-0.2, -0.15) is 0 Å². The van der Waals surface area contributed by atoms with Gasteiger partial charge < -0.3 is 0 Å². The molecule has 0 amide bonds. The summed E-state index contributed by atoms with van der Waals surface area (Å²) in [6, 6.07) is 7.40. The standard InChI is InChI=1S/C11H8Cl2N2/c12-6-8-3-4-10(13)15-11(8)9-2-1-5-14-7-9/h1-5,7H,6H2. The molecule has 0 N–H and O–H groups in total. The maximum absolute atomic E-state index is 5.85. The zero-order valence-corrected chi connectivity index (χ0v) is 9.33. The number of pyridine rings is 2. The quantitative estimate of drug-likeness (QED) is 0.591. The zero-order valence-electron chi connectivity index (χ0n) is 7.82. The van der Waals surface area contributed by atoms with Crippen molar-refractivity contribution in [3.8, 4) is 11.3 Å². The summed E-state index contributed by atoms with van der Waals surface area (Å²) in [5.74, 6) is 0.411. The molecule has 0 bridgehead atoms. The number of nitrogens with zero attached hydrogens (tertiary/aromatic N) is 2. The van der Waals surface area contributed by atoms with Crippen molar-refractivity contribution in [2.75, 3.05) is 0 Å². The molecule has 2 heterocycles. The second-order valence-corrected chi connectivity index (χ2v) is 3.67. The Bertz CT molecular complexity index is 457. The SMILES string of the molecule is ClCc1ccc(Cl)nc1-c1cccnc1. The van der Waals surface area contributed by atoms with Gasteiger partial charge in [0.25, 0.3) is 0 Å². The van der Waals surface area contributed by atoms with Gasteiger partial charge in [-0.25, -0.2) is 4.98 Å². The molecule has 0 radical (unpaired) electrons. The minimum atomic E-state index is 0.411. The Hall–Kier alpha value is -1.12. The van der Waals surface area contributed by atoms with Crippen molar-refractivity contribution in [2.45, 2.75) is 5.88 Å². The summed E-state index contributed by atoms with van der Waals surface area (Å²) >= 11 is 11.7. The molecule has 0 aliphatic carbocycles. The number of rotatable bonds is 2. The maximum atomic E-state index is 5.85. The van der Waals surface area contributed by atoms with Gasteiger partial charge in [0.2, 0.25) is 0 Å². The molecule has 15 heavy (non-hydrogen) atoms. The molecule has 2 nitrogen and oxygen atoms in total. The minimum Gasteiger partial charge on any atom is -0.264 e. The Morgan fingerprint density at radius 3 is 2.73 bits per heavy atom. The Morgan fingerprint density at radius 2 is 2.07 bits per heavy atom. The van der Waals surface area contributed by atoms with Crippen molar-refractivity contribution >= 4 is 23.2 Å². The van der Waals surface area contributed by atoms with E-state index in [1.807, 2.05) is 18.2 Å². The lowest BCUT2D eigenvalue weighted by molar-refractivity contribution is 1.23. The molecule has 0 aliphatic heterocycles. The number of aromatic nitrogens is 2. The molecule has 0 saturated heterocycles. The van der Waals surface area contributed by atoms with E-state index in [-0.39, 0.29) is 0 Å². The lowest BCUT2D eigenvalue weighted by Gasteiger charge is -2.05. The lowest BCUT2D eigenvalue weighted by Crippen LogP contribution is -1.91. The average molecular weight is 239 g/mol. The molecule has 2 rings (SSSR count). The van der Waals surface area contributed by atoms with Crippen LogP contribution in [0, 0.1) is 0 Å². The van der Waals surface area contributed by atoms with Crippen molar-refractivity contribution in [1.82, 2.24) is 9.97 Å². The van der Waals surface area contributed by atoms with Gasteiger partial charge in [0.1, 0.15) is 5.15 Å². The van der Waals surface area contributed by atoms with E-state index >= 15 is 0 Å². The summed E-state index contributed by atoms with van der Waals surface area (Å²) < 4.78 is 0. The molecule has 0 atom stereocenters. The number of halogens is 2. The second kappa shape index (κ2) is 4.60. The molecule has 0 saturated carbocycles. The third-order valence-electron chi connectivity index (χ3n) is 2.02. The van der Waals surface area contributed by atoms with Gasteiger partial charge in [-0.1, -0.05) is 17.7 Å². The van der Waals surface area contributed by atoms with E-state index in [1.54, 1.807) is 18.5 Å². The molecule has 0 aliphatic rings. The highest BCUT2D eigenvalue weighted by molar-refractivity contribution is 6.29. The summed E-state index contributed by atoms with van der Waals surface area (Å²) in [7, 11) is 0. The molecule has 0 unspecified atom stereocenters. The first kappa shape index (κ1) is 10.4. The third kappa shape index (κ3) is 2.28. The number of hydrogen-bond donors (Lipinski definition) is 0. The van der Waals surface area contributed by atoms with Crippen LogP contribution in [0.3, 0.4) is 0 Å². The van der Waals surface area contributed by atoms with E-state index in [4.69, 9.17) is 23.2 Å². The van der Waals surface area contributed by atoms with Crippen molar-refractivity contribution < 1.29 is 0 Å². The van der Waals surface area contributed by atoms with E-state index < -0.39 is 0 Å². The normalized spacial score (nSPS) is 10.3. The Kier molecular flexibility index (Phi) is 3.19. The molecular formula is C11H8Cl2N2.